The molecule has 0 aliphatic carbocycles. The number of hydrogen-bond donors (Lipinski definition) is 0. The van der Waals surface area contributed by atoms with Crippen molar-refractivity contribution >= 4 is 11.6 Å². The Balaban J connectivity index is 1.43. The van der Waals surface area contributed by atoms with E-state index in [1.807, 2.05) is 6.92 Å². The largest absolute Gasteiger partial charge is 0.476 e. The number of ether oxygens (including phenoxy) is 1. The molecule has 0 aromatic carbocycles. The van der Waals surface area contributed by atoms with Gasteiger partial charge in [0.1, 0.15) is 5.02 Å². The molecule has 0 spiro atoms. The lowest BCUT2D eigenvalue weighted by molar-refractivity contribution is 0.132. The molecule has 0 atom stereocenters. The van der Waals surface area contributed by atoms with Gasteiger partial charge in [0.15, 0.2) is 5.82 Å². The summed E-state index contributed by atoms with van der Waals surface area (Å²) in [6.45, 7) is 5.24. The van der Waals surface area contributed by atoms with Gasteiger partial charge in [0, 0.05) is 13.1 Å². The number of aromatic nitrogens is 3. The van der Waals surface area contributed by atoms with Crippen molar-refractivity contribution in [3.63, 3.8) is 0 Å². The van der Waals surface area contributed by atoms with Gasteiger partial charge in [-0.25, -0.2) is 4.98 Å². The molecule has 0 unspecified atom stereocenters. The molecule has 118 valence electrons. The van der Waals surface area contributed by atoms with Crippen LogP contribution in [0, 0.1) is 12.8 Å². The Morgan fingerprint density at radius 3 is 2.91 bits per heavy atom. The first kappa shape index (κ1) is 15.2. The molecule has 6 nitrogen and oxygen atoms in total. The highest BCUT2D eigenvalue weighted by Crippen LogP contribution is 2.23. The molecule has 1 saturated heterocycles. The van der Waals surface area contributed by atoms with Crippen molar-refractivity contribution in [1.82, 2.24) is 20.0 Å². The van der Waals surface area contributed by atoms with Crippen LogP contribution in [0.15, 0.2) is 22.9 Å². The van der Waals surface area contributed by atoms with E-state index in [2.05, 4.69) is 20.0 Å². The minimum absolute atomic E-state index is 0.522. The molecule has 1 fully saturated rings. The molecule has 3 rings (SSSR count). The van der Waals surface area contributed by atoms with Gasteiger partial charge in [0.25, 0.3) is 0 Å². The fourth-order valence-corrected chi connectivity index (χ4v) is 2.77. The molecule has 22 heavy (non-hydrogen) atoms. The Labute approximate surface area is 134 Å². The van der Waals surface area contributed by atoms with Crippen molar-refractivity contribution in [1.29, 1.82) is 0 Å². The van der Waals surface area contributed by atoms with Crippen LogP contribution in [0.2, 0.25) is 5.02 Å². The fraction of sp³-hybridized carbons (Fsp3) is 0.533. The van der Waals surface area contributed by atoms with E-state index in [1.54, 1.807) is 18.3 Å². The van der Waals surface area contributed by atoms with E-state index in [4.69, 9.17) is 20.9 Å². The Bertz CT molecular complexity index is 611. The van der Waals surface area contributed by atoms with E-state index in [0.717, 1.165) is 38.3 Å². The van der Waals surface area contributed by atoms with Crippen LogP contribution in [0.1, 0.15) is 24.6 Å². The Kier molecular flexibility index (Phi) is 4.90. The van der Waals surface area contributed by atoms with Gasteiger partial charge in [-0.15, -0.1) is 0 Å². The van der Waals surface area contributed by atoms with Crippen molar-refractivity contribution in [3.05, 3.63) is 35.1 Å². The molecule has 1 aliphatic rings. The van der Waals surface area contributed by atoms with E-state index < -0.39 is 0 Å². The molecule has 7 heteroatoms. The first-order valence-electron chi connectivity index (χ1n) is 7.45. The average molecular weight is 323 g/mol. The van der Waals surface area contributed by atoms with Gasteiger partial charge >= 0.3 is 0 Å². The molecule has 3 heterocycles. The average Bonchev–Trinajstić information content (AvgIpc) is 2.93. The standard InChI is InChI=1S/C15H19ClN4O2/c1-11-18-14(19-22-11)9-20-7-4-12(5-8-20)10-21-15-13(16)3-2-6-17-15/h2-3,6,12H,4-5,7-10H2,1H3. The smallest absolute Gasteiger partial charge is 0.232 e. The van der Waals surface area contributed by atoms with Crippen molar-refractivity contribution < 1.29 is 9.26 Å². The number of halogens is 1. The normalized spacial score (nSPS) is 16.8. The second kappa shape index (κ2) is 7.07. The predicted octanol–water partition coefficient (Wildman–Crippen LogP) is 2.72. The molecule has 1 aliphatic heterocycles. The lowest BCUT2D eigenvalue weighted by Crippen LogP contribution is -2.35. The first-order chi connectivity index (χ1) is 10.7. The zero-order valence-corrected chi connectivity index (χ0v) is 13.3. The van der Waals surface area contributed by atoms with Crippen LogP contribution >= 0.6 is 11.6 Å². The van der Waals surface area contributed by atoms with Gasteiger partial charge in [-0.3, -0.25) is 4.90 Å². The first-order valence-corrected chi connectivity index (χ1v) is 7.83. The third-order valence-electron chi connectivity index (χ3n) is 3.82. The fourth-order valence-electron chi connectivity index (χ4n) is 2.59. The molecular weight excluding hydrogens is 304 g/mol. The number of nitrogens with zero attached hydrogens (tertiary/aromatic N) is 4. The third-order valence-corrected chi connectivity index (χ3v) is 4.11. The van der Waals surface area contributed by atoms with Crippen molar-refractivity contribution in [3.8, 4) is 5.88 Å². The maximum Gasteiger partial charge on any atom is 0.232 e. The molecule has 2 aromatic heterocycles. The van der Waals surface area contributed by atoms with Gasteiger partial charge in [0.2, 0.25) is 11.8 Å². The summed E-state index contributed by atoms with van der Waals surface area (Å²) in [5.74, 6) is 2.42. The van der Waals surface area contributed by atoms with Gasteiger partial charge in [0.05, 0.1) is 13.2 Å². The summed E-state index contributed by atoms with van der Waals surface area (Å²) in [5, 5.41) is 4.50. The second-order valence-corrected chi connectivity index (χ2v) is 5.96. The summed E-state index contributed by atoms with van der Waals surface area (Å²) in [6, 6.07) is 3.59. The monoisotopic (exact) mass is 322 g/mol. The number of pyridine rings is 1. The van der Waals surface area contributed by atoms with E-state index in [-0.39, 0.29) is 0 Å². The Morgan fingerprint density at radius 2 is 2.23 bits per heavy atom. The van der Waals surface area contributed by atoms with Gasteiger partial charge in [-0.2, -0.15) is 4.98 Å². The van der Waals surface area contributed by atoms with E-state index in [0.29, 0.717) is 29.3 Å². The third kappa shape index (κ3) is 3.96. The van der Waals surface area contributed by atoms with Crippen LogP contribution in [-0.2, 0) is 6.54 Å². The second-order valence-electron chi connectivity index (χ2n) is 5.55. The summed E-state index contributed by atoms with van der Waals surface area (Å²) in [4.78, 5) is 10.7. The number of rotatable bonds is 5. The number of piperidine rings is 1. The summed E-state index contributed by atoms with van der Waals surface area (Å²) in [5.41, 5.74) is 0. The van der Waals surface area contributed by atoms with Crippen LogP contribution in [-0.4, -0.2) is 39.7 Å². The number of hydrogen-bond acceptors (Lipinski definition) is 6. The molecule has 0 amide bonds. The van der Waals surface area contributed by atoms with E-state index in [9.17, 15) is 0 Å². The topological polar surface area (TPSA) is 64.3 Å². The molecule has 2 aromatic rings. The maximum absolute atomic E-state index is 6.04. The zero-order valence-electron chi connectivity index (χ0n) is 12.5. The van der Waals surface area contributed by atoms with Crippen LogP contribution in [0.25, 0.3) is 0 Å². The Hall–Kier alpha value is -1.66. The van der Waals surface area contributed by atoms with Crippen LogP contribution in [0.5, 0.6) is 5.88 Å². The van der Waals surface area contributed by atoms with E-state index in [1.165, 1.54) is 0 Å². The predicted molar refractivity (Wildman–Crippen MR) is 81.8 cm³/mol. The minimum atomic E-state index is 0.522. The van der Waals surface area contributed by atoms with Crippen LogP contribution in [0.4, 0.5) is 0 Å². The molecular formula is C15H19ClN4O2. The highest BCUT2D eigenvalue weighted by molar-refractivity contribution is 6.31. The molecule has 0 radical (unpaired) electrons. The van der Waals surface area contributed by atoms with Crippen LogP contribution in [0.3, 0.4) is 0 Å². The van der Waals surface area contributed by atoms with Gasteiger partial charge < -0.3 is 9.26 Å². The number of likely N-dealkylation sites (tertiary alicyclic amines) is 1. The van der Waals surface area contributed by atoms with Crippen molar-refractivity contribution in [2.24, 2.45) is 5.92 Å². The molecule has 0 bridgehead atoms. The summed E-state index contributed by atoms with van der Waals surface area (Å²) >= 11 is 6.04. The van der Waals surface area contributed by atoms with E-state index >= 15 is 0 Å². The van der Waals surface area contributed by atoms with Crippen LogP contribution < -0.4 is 4.74 Å². The van der Waals surface area contributed by atoms with Crippen molar-refractivity contribution in [2.75, 3.05) is 19.7 Å². The SMILES string of the molecule is Cc1nc(CN2CCC(COc3ncccc3Cl)CC2)no1. The van der Waals surface area contributed by atoms with Crippen molar-refractivity contribution in [2.45, 2.75) is 26.3 Å². The quantitative estimate of drug-likeness (QED) is 0.843. The number of aryl methyl sites for hydroxylation is 1. The zero-order chi connectivity index (χ0) is 15.4. The lowest BCUT2D eigenvalue weighted by atomic mass is 9.98. The summed E-state index contributed by atoms with van der Waals surface area (Å²) in [6.07, 6.45) is 3.86. The van der Waals surface area contributed by atoms with Gasteiger partial charge in [-0.05, 0) is 44.0 Å². The highest BCUT2D eigenvalue weighted by atomic mass is 35.5. The molecule has 0 saturated carbocycles. The highest BCUT2D eigenvalue weighted by Gasteiger charge is 2.21. The lowest BCUT2D eigenvalue weighted by Gasteiger charge is -2.30. The summed E-state index contributed by atoms with van der Waals surface area (Å²) < 4.78 is 10.7. The maximum atomic E-state index is 6.04. The molecule has 0 N–H and O–H groups in total. The van der Waals surface area contributed by atoms with Gasteiger partial charge in [-0.1, -0.05) is 16.8 Å². The Morgan fingerprint density at radius 1 is 1.41 bits per heavy atom. The minimum Gasteiger partial charge on any atom is -0.476 e. The summed E-state index contributed by atoms with van der Waals surface area (Å²) in [7, 11) is 0.